The molecule has 1 saturated heterocycles. The lowest BCUT2D eigenvalue weighted by Crippen LogP contribution is -2.45. The van der Waals surface area contributed by atoms with Crippen molar-refractivity contribution in [3.63, 3.8) is 0 Å². The van der Waals surface area contributed by atoms with Crippen molar-refractivity contribution in [1.29, 1.82) is 0 Å². The van der Waals surface area contributed by atoms with Crippen molar-refractivity contribution in [3.05, 3.63) is 35.9 Å². The van der Waals surface area contributed by atoms with Crippen LogP contribution in [0.4, 0.5) is 0 Å². The average molecular weight is 665 g/mol. The summed E-state index contributed by atoms with van der Waals surface area (Å²) in [6.07, 6.45) is 3.36. The molecule has 43 heavy (non-hydrogen) atoms. The first kappa shape index (κ1) is 38.3. The van der Waals surface area contributed by atoms with Gasteiger partial charge in [0.2, 0.25) is 22.1 Å². The van der Waals surface area contributed by atoms with Gasteiger partial charge in [0.15, 0.2) is 0 Å². The Morgan fingerprint density at radius 3 is 1.86 bits per heavy atom. The maximum absolute atomic E-state index is 13.4. The molecule has 0 aromatic heterocycles. The Kier molecular flexibility index (Phi) is 16.9. The number of nitrogens with zero attached hydrogens (tertiary/aromatic N) is 3. The van der Waals surface area contributed by atoms with E-state index in [9.17, 15) is 18.5 Å². The zero-order valence-corrected chi connectivity index (χ0v) is 29.8. The van der Waals surface area contributed by atoms with E-state index in [0.29, 0.717) is 83.5 Å². The highest BCUT2D eigenvalue weighted by atomic mass is 31.2. The van der Waals surface area contributed by atoms with E-state index in [1.807, 2.05) is 39.0 Å². The highest BCUT2D eigenvalue weighted by molar-refractivity contribution is 7.58. The van der Waals surface area contributed by atoms with Gasteiger partial charge in [-0.05, 0) is 45.7 Å². The van der Waals surface area contributed by atoms with Crippen molar-refractivity contribution >= 4 is 28.0 Å². The number of benzene rings is 1. The summed E-state index contributed by atoms with van der Waals surface area (Å²) < 4.78 is 56.7. The molecule has 1 amide bonds. The predicted molar refractivity (Wildman–Crippen MR) is 176 cm³/mol. The third kappa shape index (κ3) is 15.3. The summed E-state index contributed by atoms with van der Waals surface area (Å²) in [5.41, 5.74) is 0.638. The topological polar surface area (TPSA) is 118 Å². The lowest BCUT2D eigenvalue weighted by molar-refractivity contribution is 0.0952. The smallest absolute Gasteiger partial charge is 0.251 e. The summed E-state index contributed by atoms with van der Waals surface area (Å²) in [5, 5.41) is 3.00. The van der Waals surface area contributed by atoms with Gasteiger partial charge in [-0.25, -0.2) is 0 Å². The Morgan fingerprint density at radius 1 is 0.767 bits per heavy atom. The Labute approximate surface area is 259 Å². The normalized spacial score (nSPS) is 22.0. The fourth-order valence-electron chi connectivity index (χ4n) is 5.48. The summed E-state index contributed by atoms with van der Waals surface area (Å²) in [7, 11) is -8.61. The maximum atomic E-state index is 13.4. The summed E-state index contributed by atoms with van der Waals surface area (Å²) in [6.45, 7) is 15.4. The molecule has 1 N–H and O–H groups in total. The number of amides is 1. The van der Waals surface area contributed by atoms with Crippen LogP contribution >= 0.6 is 22.1 Å². The van der Waals surface area contributed by atoms with Crippen molar-refractivity contribution in [2.24, 2.45) is 0 Å². The minimum absolute atomic E-state index is 0.0143. The molecule has 1 aliphatic heterocycles. The molecule has 1 heterocycles. The molecule has 0 aliphatic carbocycles. The number of rotatable bonds is 18. The second-order valence-electron chi connectivity index (χ2n) is 11.5. The first-order chi connectivity index (χ1) is 20.3. The van der Waals surface area contributed by atoms with E-state index < -0.39 is 22.1 Å². The van der Waals surface area contributed by atoms with Gasteiger partial charge in [-0.2, -0.15) is 0 Å². The van der Waals surface area contributed by atoms with Crippen LogP contribution in [0.15, 0.2) is 30.3 Å². The molecule has 0 spiro atoms. The van der Waals surface area contributed by atoms with Crippen molar-refractivity contribution in [1.82, 2.24) is 20.0 Å². The molecule has 1 aromatic carbocycles. The van der Waals surface area contributed by atoms with Crippen LogP contribution in [-0.2, 0) is 27.3 Å². The van der Waals surface area contributed by atoms with E-state index in [4.69, 9.17) is 13.6 Å². The number of carbonyl (C=O) groups excluding carboxylic acids is 1. The standard InChI is InChI=1S/C29H55N4O7P3/c1-7-38-41(4,35)24-31-19-20-32(25-42(5,36)39-8-2)23-28(33(22-21-31)26-43(6,37)40-9-3)17-13-14-18-30-29(34)27-15-11-10-12-16-27/h10-12,15-16,28H,7-9,13-14,17-26H2,1-6H3,(H,30,34)/t28-,41?,42?,43?/m0/s1. The van der Waals surface area contributed by atoms with Crippen molar-refractivity contribution in [2.75, 3.05) is 97.9 Å². The van der Waals surface area contributed by atoms with Crippen LogP contribution in [0, 0.1) is 0 Å². The van der Waals surface area contributed by atoms with E-state index in [1.54, 1.807) is 32.1 Å². The van der Waals surface area contributed by atoms with Gasteiger partial charge in [-0.15, -0.1) is 0 Å². The molecule has 1 aliphatic rings. The molecule has 0 radical (unpaired) electrons. The van der Waals surface area contributed by atoms with Gasteiger partial charge in [0.25, 0.3) is 5.91 Å². The molecule has 0 bridgehead atoms. The Morgan fingerprint density at radius 2 is 1.28 bits per heavy atom. The van der Waals surface area contributed by atoms with Gasteiger partial charge in [-0.3, -0.25) is 33.2 Å². The zero-order chi connectivity index (χ0) is 31.9. The van der Waals surface area contributed by atoms with Crippen molar-refractivity contribution < 1.29 is 32.1 Å². The summed E-state index contributed by atoms with van der Waals surface area (Å²) in [5.74, 6) is -0.0885. The molecule has 1 fully saturated rings. The minimum atomic E-state index is -2.91. The largest absolute Gasteiger partial charge is 0.352 e. The lowest BCUT2D eigenvalue weighted by atomic mass is 10.1. The molecule has 14 heteroatoms. The van der Waals surface area contributed by atoms with E-state index in [2.05, 4.69) is 20.0 Å². The van der Waals surface area contributed by atoms with E-state index in [1.165, 1.54) is 0 Å². The van der Waals surface area contributed by atoms with Crippen LogP contribution < -0.4 is 5.32 Å². The average Bonchev–Trinajstić information content (AvgIpc) is 2.98. The van der Waals surface area contributed by atoms with Crippen LogP contribution in [0.2, 0.25) is 0 Å². The van der Waals surface area contributed by atoms with Crippen molar-refractivity contribution in [3.8, 4) is 0 Å². The van der Waals surface area contributed by atoms with Crippen LogP contribution in [0.5, 0.6) is 0 Å². The molecule has 1 aromatic rings. The molecular formula is C29H55N4O7P3. The monoisotopic (exact) mass is 664 g/mol. The first-order valence-corrected chi connectivity index (χ1v) is 22.2. The molecule has 2 rings (SSSR count). The van der Waals surface area contributed by atoms with E-state index in [-0.39, 0.29) is 11.9 Å². The van der Waals surface area contributed by atoms with Gasteiger partial charge >= 0.3 is 0 Å². The van der Waals surface area contributed by atoms with Gasteiger partial charge in [0.05, 0.1) is 38.7 Å². The number of nitrogens with one attached hydrogen (secondary N) is 1. The van der Waals surface area contributed by atoms with Gasteiger partial charge < -0.3 is 18.9 Å². The Hall–Kier alpha value is -0.860. The summed E-state index contributed by atoms with van der Waals surface area (Å²) in [4.78, 5) is 19.0. The highest BCUT2D eigenvalue weighted by Gasteiger charge is 2.32. The summed E-state index contributed by atoms with van der Waals surface area (Å²) in [6, 6.07) is 9.18. The van der Waals surface area contributed by atoms with Gasteiger partial charge in [0.1, 0.15) is 0 Å². The van der Waals surface area contributed by atoms with E-state index >= 15 is 0 Å². The Balaban J connectivity index is 2.23. The van der Waals surface area contributed by atoms with Crippen LogP contribution in [0.25, 0.3) is 0 Å². The number of hydrogen-bond donors (Lipinski definition) is 1. The number of hydrogen-bond acceptors (Lipinski definition) is 10. The van der Waals surface area contributed by atoms with Crippen LogP contribution in [0.3, 0.4) is 0 Å². The summed E-state index contributed by atoms with van der Waals surface area (Å²) >= 11 is 0. The van der Waals surface area contributed by atoms with E-state index in [0.717, 1.165) is 19.3 Å². The zero-order valence-electron chi connectivity index (χ0n) is 27.1. The molecule has 4 atom stereocenters. The van der Waals surface area contributed by atoms with Crippen LogP contribution in [0.1, 0.15) is 50.4 Å². The van der Waals surface area contributed by atoms with Gasteiger partial charge in [0, 0.05) is 70.9 Å². The fourth-order valence-corrected chi connectivity index (χ4v) is 10.4. The van der Waals surface area contributed by atoms with Crippen molar-refractivity contribution in [2.45, 2.75) is 46.1 Å². The number of carbonyl (C=O) groups is 1. The first-order valence-electron chi connectivity index (χ1n) is 15.4. The molecule has 3 unspecified atom stereocenters. The SMILES string of the molecule is CCOP(C)(=O)CN1CCN(CP(C)(=O)OCC)C[C@H](CCCCNC(=O)c2ccccc2)N(CP(C)(=O)OCC)CC1. The lowest BCUT2D eigenvalue weighted by Gasteiger charge is -2.36. The maximum Gasteiger partial charge on any atom is 0.251 e. The van der Waals surface area contributed by atoms with Crippen LogP contribution in [-0.4, -0.2) is 125 Å². The fraction of sp³-hybridized carbons (Fsp3) is 0.759. The molecule has 248 valence electrons. The molecular weight excluding hydrogens is 609 g/mol. The molecule has 11 nitrogen and oxygen atoms in total. The van der Waals surface area contributed by atoms with Gasteiger partial charge in [-0.1, -0.05) is 24.6 Å². The second kappa shape index (κ2) is 19.0. The second-order valence-corrected chi connectivity index (χ2v) is 19.2. The number of unbranched alkanes of at least 4 members (excludes halogenated alkanes) is 1. The third-order valence-electron chi connectivity index (χ3n) is 7.27. The Bertz CT molecular complexity index is 1110. The minimum Gasteiger partial charge on any atom is -0.352 e. The quantitative estimate of drug-likeness (QED) is 0.157. The molecule has 0 saturated carbocycles. The predicted octanol–water partition coefficient (Wildman–Crippen LogP) is 5.58. The highest BCUT2D eigenvalue weighted by Crippen LogP contribution is 2.46. The third-order valence-corrected chi connectivity index (χ3v) is 12.4.